The van der Waals surface area contributed by atoms with Gasteiger partial charge in [0.1, 0.15) is 30.5 Å². The highest BCUT2D eigenvalue weighted by molar-refractivity contribution is 5.81. The smallest absolute Gasteiger partial charge is 0.208 e. The van der Waals surface area contributed by atoms with Crippen LogP contribution in [-0.2, 0) is 24.0 Å². The highest BCUT2D eigenvalue weighted by Crippen LogP contribution is 2.79. The molecule has 0 amide bonds. The lowest BCUT2D eigenvalue weighted by molar-refractivity contribution is -0.540. The SMILES string of the molecule is CC1/C(=N/C2C(O)OC(CO)C(O)C2O)OC2OC3(C)CCC45C(OO3)C1(CC[C@H]4C)C25. The molecule has 2 saturated carbocycles. The lowest BCUT2D eigenvalue weighted by Crippen LogP contribution is -2.81. The van der Waals surface area contributed by atoms with Crippen molar-refractivity contribution in [2.45, 2.75) is 95.3 Å². The van der Waals surface area contributed by atoms with Crippen molar-refractivity contribution >= 4 is 5.90 Å². The molecule has 4 aliphatic heterocycles. The molecule has 2 aliphatic carbocycles. The van der Waals surface area contributed by atoms with Gasteiger partial charge >= 0.3 is 0 Å². The summed E-state index contributed by atoms with van der Waals surface area (Å²) in [5.74, 6) is -0.139. The van der Waals surface area contributed by atoms with Crippen LogP contribution in [-0.4, -0.2) is 81.8 Å². The molecule has 2 spiro atoms. The van der Waals surface area contributed by atoms with Gasteiger partial charge in [-0.3, -0.25) is 0 Å². The van der Waals surface area contributed by atoms with Gasteiger partial charge in [0.15, 0.2) is 12.2 Å². The lowest BCUT2D eigenvalue weighted by atomic mass is 9.31. The number of fused-ring (bicyclic) bond motifs is 2. The Morgan fingerprint density at radius 1 is 1.06 bits per heavy atom. The van der Waals surface area contributed by atoms with Crippen LogP contribution in [0, 0.1) is 28.6 Å². The maximum Gasteiger partial charge on any atom is 0.208 e. The Labute approximate surface area is 186 Å². The van der Waals surface area contributed by atoms with Crippen molar-refractivity contribution in [2.75, 3.05) is 6.61 Å². The predicted octanol–water partition coefficient (Wildman–Crippen LogP) is 0.0667. The zero-order valence-electron chi connectivity index (χ0n) is 18.6. The van der Waals surface area contributed by atoms with Crippen LogP contribution in [0.1, 0.15) is 46.5 Å². The molecule has 6 aliphatic rings. The summed E-state index contributed by atoms with van der Waals surface area (Å²) in [5, 5.41) is 40.6. The fourth-order valence-corrected chi connectivity index (χ4v) is 7.83. The number of rotatable bonds is 2. The molecule has 0 aromatic rings. The summed E-state index contributed by atoms with van der Waals surface area (Å²) < 4.78 is 18.0. The van der Waals surface area contributed by atoms with Crippen molar-refractivity contribution in [3.05, 3.63) is 0 Å². The van der Waals surface area contributed by atoms with E-state index in [4.69, 9.17) is 24.0 Å². The van der Waals surface area contributed by atoms with Gasteiger partial charge in [-0.1, -0.05) is 13.8 Å². The number of hydrogen-bond acceptors (Lipinski definition) is 10. The van der Waals surface area contributed by atoms with E-state index in [1.54, 1.807) is 0 Å². The van der Waals surface area contributed by atoms with E-state index in [-0.39, 0.29) is 28.8 Å². The summed E-state index contributed by atoms with van der Waals surface area (Å²) in [6.45, 7) is 5.66. The number of ether oxygens (including phenoxy) is 3. The first-order valence-electron chi connectivity index (χ1n) is 11.7. The number of aliphatic hydroxyl groups excluding tert-OH is 4. The Kier molecular flexibility index (Phi) is 4.64. The number of hydrogen-bond donors (Lipinski definition) is 4. The van der Waals surface area contributed by atoms with Gasteiger partial charge in [-0.2, -0.15) is 0 Å². The van der Waals surface area contributed by atoms with Crippen molar-refractivity contribution in [2.24, 2.45) is 33.6 Å². The summed E-state index contributed by atoms with van der Waals surface area (Å²) in [5.41, 5.74) is -0.355. The van der Waals surface area contributed by atoms with Gasteiger partial charge in [-0.15, -0.1) is 0 Å². The Bertz CT molecular complexity index is 825. The van der Waals surface area contributed by atoms with E-state index in [1.807, 2.05) is 13.8 Å². The summed E-state index contributed by atoms with van der Waals surface area (Å²) in [6, 6.07) is -1.15. The average molecular weight is 456 g/mol. The van der Waals surface area contributed by atoms with Crippen molar-refractivity contribution in [1.82, 2.24) is 0 Å². The first-order valence-corrected chi connectivity index (χ1v) is 11.7. The minimum atomic E-state index is -1.49. The molecule has 4 heterocycles. The van der Waals surface area contributed by atoms with Crippen LogP contribution in [0.3, 0.4) is 0 Å². The first-order chi connectivity index (χ1) is 15.2. The molecule has 12 unspecified atom stereocenters. The van der Waals surface area contributed by atoms with E-state index in [2.05, 4.69) is 11.9 Å². The molecule has 4 saturated heterocycles. The Morgan fingerprint density at radius 3 is 2.59 bits per heavy atom. The molecule has 6 fully saturated rings. The van der Waals surface area contributed by atoms with Gasteiger partial charge in [0.25, 0.3) is 0 Å². The molecule has 13 atom stereocenters. The van der Waals surface area contributed by atoms with Crippen LogP contribution in [0.5, 0.6) is 0 Å². The Morgan fingerprint density at radius 2 is 1.84 bits per heavy atom. The monoisotopic (exact) mass is 455 g/mol. The van der Waals surface area contributed by atoms with Gasteiger partial charge in [0, 0.05) is 29.1 Å². The van der Waals surface area contributed by atoms with Crippen LogP contribution in [0.25, 0.3) is 0 Å². The zero-order valence-corrected chi connectivity index (χ0v) is 18.6. The summed E-state index contributed by atoms with van der Waals surface area (Å²) in [7, 11) is 0. The zero-order chi connectivity index (χ0) is 22.6. The second-order valence-corrected chi connectivity index (χ2v) is 10.8. The second-order valence-electron chi connectivity index (χ2n) is 10.8. The lowest BCUT2D eigenvalue weighted by Gasteiger charge is -2.76. The third-order valence-corrected chi connectivity index (χ3v) is 9.59. The summed E-state index contributed by atoms with van der Waals surface area (Å²) >= 11 is 0. The van der Waals surface area contributed by atoms with Gasteiger partial charge in [0.2, 0.25) is 12.1 Å². The van der Waals surface area contributed by atoms with Gasteiger partial charge in [-0.05, 0) is 32.1 Å². The van der Waals surface area contributed by atoms with Gasteiger partial charge in [-0.25, -0.2) is 14.8 Å². The maximum atomic E-state index is 10.6. The summed E-state index contributed by atoms with van der Waals surface area (Å²) in [6.07, 6.45) is -2.41. The standard InChI is InChI=1S/C22H33NO9/c1-9-4-5-22-10(2)16(23-12-14(26)13(25)11(8-24)28-17(12)27)29-18-15(22)21(9)7-6-20(3,30-18)32-31-19(21)22/h9-15,17-19,24-27H,4-8H2,1-3H3/b23-16-/t9-,10?,11?,12?,13?,14?,15?,17?,18?,19?,20?,21?,22?/m1/s1. The minimum Gasteiger partial charge on any atom is -0.451 e. The Hall–Kier alpha value is -0.850. The molecule has 180 valence electrons. The van der Waals surface area contributed by atoms with E-state index in [9.17, 15) is 20.4 Å². The maximum absolute atomic E-state index is 10.6. The van der Waals surface area contributed by atoms with Crippen LogP contribution in [0.4, 0.5) is 0 Å². The van der Waals surface area contributed by atoms with Crippen molar-refractivity contribution in [3.63, 3.8) is 0 Å². The van der Waals surface area contributed by atoms with Crippen LogP contribution in [0.2, 0.25) is 0 Å². The topological polar surface area (TPSA) is 139 Å². The molecule has 10 heteroatoms. The molecular weight excluding hydrogens is 422 g/mol. The van der Waals surface area contributed by atoms with E-state index in [0.29, 0.717) is 18.2 Å². The summed E-state index contributed by atoms with van der Waals surface area (Å²) in [4.78, 5) is 16.5. The van der Waals surface area contributed by atoms with Crippen LogP contribution >= 0.6 is 0 Å². The molecule has 0 radical (unpaired) electrons. The molecule has 10 nitrogen and oxygen atoms in total. The van der Waals surface area contributed by atoms with Gasteiger partial charge < -0.3 is 34.6 Å². The predicted molar refractivity (Wildman–Crippen MR) is 107 cm³/mol. The quantitative estimate of drug-likeness (QED) is 0.426. The van der Waals surface area contributed by atoms with Crippen molar-refractivity contribution in [1.29, 1.82) is 0 Å². The number of aliphatic hydroxyl groups is 4. The van der Waals surface area contributed by atoms with Crippen LogP contribution < -0.4 is 0 Å². The molecule has 4 N–H and O–H groups in total. The third kappa shape index (κ3) is 2.45. The third-order valence-electron chi connectivity index (χ3n) is 9.59. The van der Waals surface area contributed by atoms with Crippen LogP contribution in [0.15, 0.2) is 4.99 Å². The number of aliphatic imine (C=N–C) groups is 1. The molecule has 32 heavy (non-hydrogen) atoms. The van der Waals surface area contributed by atoms with Gasteiger partial charge in [0.05, 0.1) is 6.61 Å². The minimum absolute atomic E-state index is 0.0749. The van der Waals surface area contributed by atoms with E-state index >= 15 is 0 Å². The van der Waals surface area contributed by atoms with Crippen molar-refractivity contribution < 1.29 is 44.4 Å². The molecule has 0 aromatic heterocycles. The second kappa shape index (κ2) is 6.85. The van der Waals surface area contributed by atoms with Crippen molar-refractivity contribution in [3.8, 4) is 0 Å². The van der Waals surface area contributed by atoms with E-state index in [0.717, 1.165) is 19.3 Å². The highest BCUT2D eigenvalue weighted by Gasteiger charge is 2.83. The molecular formula is C22H33NO9. The molecule has 3 bridgehead atoms. The Balaban J connectivity index is 1.39. The molecule has 0 aromatic carbocycles. The normalized spacial score (nSPS) is 62.0. The first kappa shape index (κ1) is 21.7. The average Bonchev–Trinajstić information content (AvgIpc) is 2.95. The fraction of sp³-hybridized carbons (Fsp3) is 0.955. The highest BCUT2D eigenvalue weighted by atomic mass is 17.2. The fourth-order valence-electron chi connectivity index (χ4n) is 7.83. The van der Waals surface area contributed by atoms with E-state index < -0.39 is 49.3 Å². The largest absolute Gasteiger partial charge is 0.451 e. The molecule has 6 rings (SSSR count). The number of nitrogens with zero attached hydrogens (tertiary/aromatic N) is 1. The van der Waals surface area contributed by atoms with E-state index in [1.165, 1.54) is 0 Å².